The maximum absolute atomic E-state index is 6.19. The van der Waals surface area contributed by atoms with Crippen LogP contribution in [0.4, 0.5) is 0 Å². The highest BCUT2D eigenvalue weighted by molar-refractivity contribution is 5.44. The van der Waals surface area contributed by atoms with Gasteiger partial charge in [-0.2, -0.15) is 0 Å². The third-order valence-corrected chi connectivity index (χ3v) is 2.79. The molecular formula is C13H22N2O. The zero-order chi connectivity index (χ0) is 12.1. The molecule has 16 heavy (non-hydrogen) atoms. The van der Waals surface area contributed by atoms with Crippen LogP contribution in [0.2, 0.25) is 0 Å². The molecule has 3 N–H and O–H groups in total. The number of nitrogens with one attached hydrogen (secondary N) is 1. The molecule has 0 aliphatic carbocycles. The van der Waals surface area contributed by atoms with Gasteiger partial charge in [-0.15, -0.1) is 0 Å². The van der Waals surface area contributed by atoms with Crippen molar-refractivity contribution < 1.29 is 4.74 Å². The lowest BCUT2D eigenvalue weighted by Crippen LogP contribution is -2.19. The van der Waals surface area contributed by atoms with E-state index in [0.29, 0.717) is 0 Å². The van der Waals surface area contributed by atoms with Crippen LogP contribution in [0.1, 0.15) is 29.2 Å². The molecule has 1 unspecified atom stereocenters. The third-order valence-electron chi connectivity index (χ3n) is 2.79. The minimum Gasteiger partial charge on any atom is -0.496 e. The summed E-state index contributed by atoms with van der Waals surface area (Å²) in [6.07, 6.45) is 0.913. The third kappa shape index (κ3) is 2.97. The van der Waals surface area contributed by atoms with Crippen molar-refractivity contribution in [1.29, 1.82) is 0 Å². The molecule has 0 heterocycles. The minimum absolute atomic E-state index is 0.0306. The van der Waals surface area contributed by atoms with Gasteiger partial charge in [0.05, 0.1) is 7.11 Å². The van der Waals surface area contributed by atoms with Gasteiger partial charge < -0.3 is 15.8 Å². The first-order valence-electron chi connectivity index (χ1n) is 5.65. The summed E-state index contributed by atoms with van der Waals surface area (Å²) in [5.41, 5.74) is 9.73. The monoisotopic (exact) mass is 222 g/mol. The van der Waals surface area contributed by atoms with Crippen molar-refractivity contribution >= 4 is 0 Å². The summed E-state index contributed by atoms with van der Waals surface area (Å²) in [4.78, 5) is 0. The molecule has 0 spiro atoms. The summed E-state index contributed by atoms with van der Waals surface area (Å²) in [6, 6.07) is 4.22. The number of aryl methyl sites for hydroxylation is 2. The van der Waals surface area contributed by atoms with E-state index in [1.807, 2.05) is 13.1 Å². The van der Waals surface area contributed by atoms with E-state index in [-0.39, 0.29) is 6.04 Å². The van der Waals surface area contributed by atoms with Crippen LogP contribution in [0.3, 0.4) is 0 Å². The van der Waals surface area contributed by atoms with Gasteiger partial charge in [0.2, 0.25) is 0 Å². The molecule has 0 bridgehead atoms. The first-order chi connectivity index (χ1) is 7.60. The Kier molecular flexibility index (Phi) is 4.77. The number of ether oxygens (including phenoxy) is 1. The zero-order valence-corrected chi connectivity index (χ0v) is 10.6. The van der Waals surface area contributed by atoms with E-state index in [1.165, 1.54) is 11.1 Å². The molecule has 1 aromatic carbocycles. The Morgan fingerprint density at radius 2 is 2.06 bits per heavy atom. The number of methoxy groups -OCH3 is 1. The van der Waals surface area contributed by atoms with Gasteiger partial charge in [-0.25, -0.2) is 0 Å². The number of rotatable bonds is 5. The minimum atomic E-state index is 0.0306. The lowest BCUT2D eigenvalue weighted by atomic mass is 9.96. The Balaban J connectivity index is 3.01. The molecule has 0 amide bonds. The average molecular weight is 222 g/mol. The maximum Gasteiger partial charge on any atom is 0.124 e. The summed E-state index contributed by atoms with van der Waals surface area (Å²) < 4.78 is 5.41. The lowest BCUT2D eigenvalue weighted by molar-refractivity contribution is 0.403. The maximum atomic E-state index is 6.19. The molecule has 1 aromatic rings. The van der Waals surface area contributed by atoms with Crippen LogP contribution in [0, 0.1) is 13.8 Å². The Bertz CT molecular complexity index is 350. The molecule has 90 valence electrons. The number of benzene rings is 1. The van der Waals surface area contributed by atoms with Crippen LogP contribution in [0.5, 0.6) is 5.75 Å². The zero-order valence-electron chi connectivity index (χ0n) is 10.6. The SMILES string of the molecule is CNCCC(N)c1c(C)cc(C)cc1OC. The predicted molar refractivity (Wildman–Crippen MR) is 67.9 cm³/mol. The first kappa shape index (κ1) is 13.0. The van der Waals surface area contributed by atoms with Crippen molar-refractivity contribution in [3.05, 3.63) is 28.8 Å². The van der Waals surface area contributed by atoms with E-state index in [2.05, 4.69) is 25.2 Å². The largest absolute Gasteiger partial charge is 0.496 e. The van der Waals surface area contributed by atoms with E-state index < -0.39 is 0 Å². The predicted octanol–water partition coefficient (Wildman–Crippen LogP) is 1.92. The van der Waals surface area contributed by atoms with Crippen molar-refractivity contribution in [2.45, 2.75) is 26.3 Å². The number of nitrogens with two attached hydrogens (primary N) is 1. The average Bonchev–Trinajstić information content (AvgIpc) is 2.24. The number of hydrogen-bond acceptors (Lipinski definition) is 3. The van der Waals surface area contributed by atoms with Gasteiger partial charge >= 0.3 is 0 Å². The van der Waals surface area contributed by atoms with Crippen molar-refractivity contribution in [2.75, 3.05) is 20.7 Å². The van der Waals surface area contributed by atoms with Crippen molar-refractivity contribution in [2.24, 2.45) is 5.73 Å². The smallest absolute Gasteiger partial charge is 0.124 e. The van der Waals surface area contributed by atoms with E-state index >= 15 is 0 Å². The highest BCUT2D eigenvalue weighted by Crippen LogP contribution is 2.30. The molecule has 0 aliphatic rings. The Hall–Kier alpha value is -1.06. The normalized spacial score (nSPS) is 12.6. The van der Waals surface area contributed by atoms with Gasteiger partial charge in [0, 0.05) is 11.6 Å². The summed E-state index contributed by atoms with van der Waals surface area (Å²) in [7, 11) is 3.63. The molecule has 0 aromatic heterocycles. The first-order valence-corrected chi connectivity index (χ1v) is 5.65. The lowest BCUT2D eigenvalue weighted by Gasteiger charge is -2.19. The molecule has 3 heteroatoms. The second-order valence-corrected chi connectivity index (χ2v) is 4.20. The fraction of sp³-hybridized carbons (Fsp3) is 0.538. The standard InChI is InChI=1S/C13H22N2O/c1-9-7-10(2)13(12(8-9)16-4)11(14)5-6-15-3/h7-8,11,15H,5-6,14H2,1-4H3. The van der Waals surface area contributed by atoms with Crippen molar-refractivity contribution in [1.82, 2.24) is 5.32 Å². The van der Waals surface area contributed by atoms with Gasteiger partial charge in [0.15, 0.2) is 0 Å². The second kappa shape index (κ2) is 5.87. The van der Waals surface area contributed by atoms with Gasteiger partial charge in [-0.1, -0.05) is 6.07 Å². The summed E-state index contributed by atoms with van der Waals surface area (Å²) in [5.74, 6) is 0.904. The Labute approximate surface area is 98.0 Å². The molecule has 0 fully saturated rings. The summed E-state index contributed by atoms with van der Waals surface area (Å²) in [6.45, 7) is 5.07. The fourth-order valence-electron chi connectivity index (χ4n) is 2.03. The van der Waals surface area contributed by atoms with E-state index in [4.69, 9.17) is 10.5 Å². The topological polar surface area (TPSA) is 47.3 Å². The van der Waals surface area contributed by atoms with Crippen LogP contribution in [-0.2, 0) is 0 Å². The summed E-state index contributed by atoms with van der Waals surface area (Å²) in [5, 5.41) is 3.12. The summed E-state index contributed by atoms with van der Waals surface area (Å²) >= 11 is 0. The van der Waals surface area contributed by atoms with Gasteiger partial charge in [0.25, 0.3) is 0 Å². The Morgan fingerprint density at radius 1 is 1.38 bits per heavy atom. The number of hydrogen-bond donors (Lipinski definition) is 2. The molecule has 1 atom stereocenters. The highest BCUT2D eigenvalue weighted by atomic mass is 16.5. The molecule has 1 rings (SSSR count). The highest BCUT2D eigenvalue weighted by Gasteiger charge is 2.14. The molecular weight excluding hydrogens is 200 g/mol. The van der Waals surface area contributed by atoms with Gasteiger partial charge in [0.1, 0.15) is 5.75 Å². The van der Waals surface area contributed by atoms with Crippen LogP contribution in [0.15, 0.2) is 12.1 Å². The van der Waals surface area contributed by atoms with Crippen molar-refractivity contribution in [3.8, 4) is 5.75 Å². The second-order valence-electron chi connectivity index (χ2n) is 4.20. The van der Waals surface area contributed by atoms with Crippen molar-refractivity contribution in [3.63, 3.8) is 0 Å². The van der Waals surface area contributed by atoms with Crippen LogP contribution >= 0.6 is 0 Å². The van der Waals surface area contributed by atoms with Crippen LogP contribution in [-0.4, -0.2) is 20.7 Å². The van der Waals surface area contributed by atoms with E-state index in [9.17, 15) is 0 Å². The van der Waals surface area contributed by atoms with Gasteiger partial charge in [-0.05, 0) is 51.1 Å². The molecule has 0 aliphatic heterocycles. The van der Waals surface area contributed by atoms with Crippen LogP contribution < -0.4 is 15.8 Å². The molecule has 0 radical (unpaired) electrons. The van der Waals surface area contributed by atoms with Gasteiger partial charge in [-0.3, -0.25) is 0 Å². The van der Waals surface area contributed by atoms with E-state index in [1.54, 1.807) is 7.11 Å². The fourth-order valence-corrected chi connectivity index (χ4v) is 2.03. The Morgan fingerprint density at radius 3 is 2.62 bits per heavy atom. The molecule has 0 saturated carbocycles. The quantitative estimate of drug-likeness (QED) is 0.800. The molecule has 3 nitrogen and oxygen atoms in total. The van der Waals surface area contributed by atoms with Crippen LogP contribution in [0.25, 0.3) is 0 Å². The molecule has 0 saturated heterocycles. The van der Waals surface area contributed by atoms with E-state index in [0.717, 1.165) is 24.3 Å².